The van der Waals surface area contributed by atoms with Crippen molar-refractivity contribution in [1.82, 2.24) is 4.98 Å². The average Bonchev–Trinajstić information content (AvgIpc) is 3.24. The largest absolute Gasteiger partial charge is 0.457 e. The van der Waals surface area contributed by atoms with Crippen molar-refractivity contribution in [3.05, 3.63) is 89.9 Å². The van der Waals surface area contributed by atoms with Crippen LogP contribution in [0.15, 0.2) is 71.3 Å². The number of esters is 1. The summed E-state index contributed by atoms with van der Waals surface area (Å²) in [7, 11) is 0. The summed E-state index contributed by atoms with van der Waals surface area (Å²) in [4.78, 5) is 28.2. The van der Waals surface area contributed by atoms with E-state index in [4.69, 9.17) is 9.15 Å². The Balaban J connectivity index is 1.31. The van der Waals surface area contributed by atoms with Crippen LogP contribution in [0, 0.1) is 11.6 Å². The lowest BCUT2D eigenvalue weighted by Crippen LogP contribution is -2.14. The Morgan fingerprint density at radius 2 is 1.68 bits per heavy atom. The zero-order chi connectivity index (χ0) is 21.8. The van der Waals surface area contributed by atoms with Crippen LogP contribution in [0.2, 0.25) is 0 Å². The van der Waals surface area contributed by atoms with E-state index in [0.717, 1.165) is 22.9 Å². The van der Waals surface area contributed by atoms with E-state index in [-0.39, 0.29) is 42.4 Å². The minimum absolute atomic E-state index is 0.0644. The molecule has 0 N–H and O–H groups in total. The first-order chi connectivity index (χ1) is 15.0. The van der Waals surface area contributed by atoms with Crippen LogP contribution >= 0.6 is 0 Å². The molecule has 1 aromatic heterocycles. The Hall–Kier alpha value is -3.87. The van der Waals surface area contributed by atoms with Gasteiger partial charge < -0.3 is 9.15 Å². The van der Waals surface area contributed by atoms with E-state index < -0.39 is 17.6 Å². The van der Waals surface area contributed by atoms with E-state index in [9.17, 15) is 18.4 Å². The lowest BCUT2D eigenvalue weighted by atomic mass is 10.0. The number of carbonyl (C=O) groups excluding carboxylic acids is 2. The number of nitrogens with zero attached hydrogens (tertiary/aromatic N) is 1. The fraction of sp³-hybridized carbons (Fsp3) is 0.125. The molecule has 0 bridgehead atoms. The van der Waals surface area contributed by atoms with Crippen LogP contribution in [0.3, 0.4) is 0 Å². The first kappa shape index (κ1) is 20.4. The fourth-order valence-electron chi connectivity index (χ4n) is 3.15. The van der Waals surface area contributed by atoms with Gasteiger partial charge in [-0.3, -0.25) is 9.59 Å². The average molecular weight is 421 g/mol. The Bertz CT molecular complexity index is 1250. The maximum Gasteiger partial charge on any atom is 0.306 e. The Morgan fingerprint density at radius 3 is 2.45 bits per heavy atom. The first-order valence-corrected chi connectivity index (χ1v) is 9.58. The van der Waals surface area contributed by atoms with E-state index in [2.05, 4.69) is 4.98 Å². The van der Waals surface area contributed by atoms with Crippen molar-refractivity contribution in [3.8, 4) is 11.3 Å². The smallest absolute Gasteiger partial charge is 0.306 e. The highest BCUT2D eigenvalue weighted by Crippen LogP contribution is 2.26. The number of rotatable bonds is 7. The molecule has 0 radical (unpaired) electrons. The molecule has 1 heterocycles. The number of carbonyl (C=O) groups is 2. The normalized spacial score (nSPS) is 10.9. The molecule has 0 atom stereocenters. The lowest BCUT2D eigenvalue weighted by molar-refractivity contribution is -0.142. The number of Topliss-reactive ketones (excluding diaryl/α,β-unsaturated/α-hetero) is 1. The molecule has 3 aromatic carbocycles. The summed E-state index contributed by atoms with van der Waals surface area (Å²) in [5.41, 5.74) is 0.139. The quantitative estimate of drug-likeness (QED) is 0.306. The van der Waals surface area contributed by atoms with Crippen molar-refractivity contribution in [1.29, 1.82) is 0 Å². The van der Waals surface area contributed by atoms with Gasteiger partial charge in [0.2, 0.25) is 0 Å². The number of ether oxygens (including phenoxy) is 1. The standard InChI is InChI=1S/C24H17F2NO4/c25-18-6-3-7-19(26)24(18)21-13-27-22(31-21)10-11-23(29)30-14-20(28)17-9-8-15-4-1-2-5-16(15)12-17/h1-9,12-13H,10-11,14H2. The van der Waals surface area contributed by atoms with Gasteiger partial charge in [0.05, 0.1) is 18.2 Å². The molecule has 0 amide bonds. The summed E-state index contributed by atoms with van der Waals surface area (Å²) in [6.07, 6.45) is 1.18. The van der Waals surface area contributed by atoms with E-state index >= 15 is 0 Å². The van der Waals surface area contributed by atoms with Crippen LogP contribution in [0.5, 0.6) is 0 Å². The summed E-state index contributed by atoms with van der Waals surface area (Å²) in [6.45, 7) is -0.381. The van der Waals surface area contributed by atoms with Crippen molar-refractivity contribution in [3.63, 3.8) is 0 Å². The second-order valence-corrected chi connectivity index (χ2v) is 6.86. The molecule has 0 aliphatic carbocycles. The number of benzene rings is 3. The van der Waals surface area contributed by atoms with Crippen molar-refractivity contribution in [2.45, 2.75) is 12.8 Å². The lowest BCUT2D eigenvalue weighted by Gasteiger charge is -2.05. The molecule has 0 spiro atoms. The number of oxazole rings is 1. The van der Waals surface area contributed by atoms with Gasteiger partial charge in [-0.2, -0.15) is 0 Å². The highest BCUT2D eigenvalue weighted by atomic mass is 19.1. The molecule has 31 heavy (non-hydrogen) atoms. The molecular weight excluding hydrogens is 404 g/mol. The van der Waals surface area contributed by atoms with Gasteiger partial charge >= 0.3 is 5.97 Å². The molecule has 0 saturated carbocycles. The van der Waals surface area contributed by atoms with Crippen molar-refractivity contribution in [2.75, 3.05) is 6.61 Å². The third kappa shape index (κ3) is 4.66. The van der Waals surface area contributed by atoms with Gasteiger partial charge in [0, 0.05) is 12.0 Å². The fourth-order valence-corrected chi connectivity index (χ4v) is 3.15. The van der Waals surface area contributed by atoms with Gasteiger partial charge in [-0.1, -0.05) is 42.5 Å². The highest BCUT2D eigenvalue weighted by molar-refractivity contribution is 6.01. The van der Waals surface area contributed by atoms with Crippen LogP contribution < -0.4 is 0 Å². The molecule has 0 aliphatic heterocycles. The van der Waals surface area contributed by atoms with Gasteiger partial charge in [-0.05, 0) is 29.0 Å². The molecule has 0 aliphatic rings. The zero-order valence-electron chi connectivity index (χ0n) is 16.3. The van der Waals surface area contributed by atoms with E-state index in [1.807, 2.05) is 30.3 Å². The SMILES string of the molecule is O=C(CCc1ncc(-c2c(F)cccc2F)o1)OCC(=O)c1ccc2ccccc2c1. The van der Waals surface area contributed by atoms with Gasteiger partial charge in [0.15, 0.2) is 24.0 Å². The molecule has 0 unspecified atom stereocenters. The molecule has 0 fully saturated rings. The molecule has 7 heteroatoms. The summed E-state index contributed by atoms with van der Waals surface area (Å²) >= 11 is 0. The van der Waals surface area contributed by atoms with Gasteiger partial charge in [-0.25, -0.2) is 13.8 Å². The van der Waals surface area contributed by atoms with Crippen molar-refractivity contribution >= 4 is 22.5 Å². The summed E-state index contributed by atoms with van der Waals surface area (Å²) in [6, 6.07) is 16.4. The highest BCUT2D eigenvalue weighted by Gasteiger charge is 2.17. The zero-order valence-corrected chi connectivity index (χ0v) is 16.3. The van der Waals surface area contributed by atoms with Crippen LogP contribution in [0.25, 0.3) is 22.1 Å². The maximum atomic E-state index is 13.8. The van der Waals surface area contributed by atoms with Crippen molar-refractivity contribution in [2.24, 2.45) is 0 Å². The number of aromatic nitrogens is 1. The summed E-state index contributed by atoms with van der Waals surface area (Å²) < 4.78 is 38.1. The van der Waals surface area contributed by atoms with E-state index in [1.54, 1.807) is 12.1 Å². The number of halogens is 2. The summed E-state index contributed by atoms with van der Waals surface area (Å²) in [5.74, 6) is -2.39. The van der Waals surface area contributed by atoms with Crippen LogP contribution in [0.4, 0.5) is 8.78 Å². The maximum absolute atomic E-state index is 13.8. The Morgan fingerprint density at radius 1 is 0.935 bits per heavy atom. The molecular formula is C24H17F2NO4. The van der Waals surface area contributed by atoms with Crippen LogP contribution in [-0.2, 0) is 16.0 Å². The molecule has 4 rings (SSSR count). The third-order valence-electron chi connectivity index (χ3n) is 4.74. The first-order valence-electron chi connectivity index (χ1n) is 9.58. The van der Waals surface area contributed by atoms with Gasteiger partial charge in [0.1, 0.15) is 11.6 Å². The van der Waals surface area contributed by atoms with E-state index in [1.165, 1.54) is 12.3 Å². The Kier molecular flexibility index (Phi) is 5.84. The number of fused-ring (bicyclic) bond motifs is 1. The minimum atomic E-state index is -0.769. The number of hydrogen-bond acceptors (Lipinski definition) is 5. The number of aryl methyl sites for hydroxylation is 1. The molecule has 5 nitrogen and oxygen atoms in total. The van der Waals surface area contributed by atoms with Crippen LogP contribution in [0.1, 0.15) is 22.7 Å². The molecule has 4 aromatic rings. The predicted octanol–water partition coefficient (Wildman–Crippen LogP) is 5.13. The third-order valence-corrected chi connectivity index (χ3v) is 4.74. The number of hydrogen-bond donors (Lipinski definition) is 0. The second-order valence-electron chi connectivity index (χ2n) is 6.86. The predicted molar refractivity (Wildman–Crippen MR) is 109 cm³/mol. The summed E-state index contributed by atoms with van der Waals surface area (Å²) in [5, 5.41) is 1.93. The molecule has 0 saturated heterocycles. The Labute approximate surface area is 176 Å². The second kappa shape index (κ2) is 8.87. The number of ketones is 1. The molecule has 156 valence electrons. The van der Waals surface area contributed by atoms with Crippen LogP contribution in [-0.4, -0.2) is 23.3 Å². The van der Waals surface area contributed by atoms with Gasteiger partial charge in [-0.15, -0.1) is 0 Å². The monoisotopic (exact) mass is 421 g/mol. The van der Waals surface area contributed by atoms with E-state index in [0.29, 0.717) is 5.56 Å². The van der Waals surface area contributed by atoms with Gasteiger partial charge in [0.25, 0.3) is 0 Å². The van der Waals surface area contributed by atoms with Crippen molar-refractivity contribution < 1.29 is 27.5 Å². The minimum Gasteiger partial charge on any atom is -0.457 e. The topological polar surface area (TPSA) is 69.4 Å².